The van der Waals surface area contributed by atoms with Crippen LogP contribution in [0.5, 0.6) is 0 Å². The Morgan fingerprint density at radius 1 is 1.70 bits per heavy atom. The zero-order valence-electron chi connectivity index (χ0n) is 5.32. The Morgan fingerprint density at radius 2 is 2.60 bits per heavy atom. The van der Waals surface area contributed by atoms with Crippen molar-refractivity contribution in [1.29, 1.82) is 0 Å². The highest BCUT2D eigenvalue weighted by Crippen LogP contribution is 1.85. The molecule has 0 saturated heterocycles. The second-order valence-electron chi connectivity index (χ2n) is 2.18. The molecule has 0 amide bonds. The Labute approximate surface area is 62.2 Å². The molecule has 0 unspecified atom stereocenters. The minimum Gasteiger partial charge on any atom is -0.314 e. The molecule has 3 nitrogen and oxygen atoms in total. The maximum Gasteiger partial charge on any atom is 0.0543 e. The fourth-order valence-corrected chi connectivity index (χ4v) is 1.57. The molecular weight excluding hydrogens is 146 g/mol. The molecule has 0 atom stereocenters. The van der Waals surface area contributed by atoms with Gasteiger partial charge >= 0.3 is 0 Å². The van der Waals surface area contributed by atoms with Gasteiger partial charge in [-0.3, -0.25) is 0 Å². The van der Waals surface area contributed by atoms with E-state index in [2.05, 4.69) is 10.4 Å². The van der Waals surface area contributed by atoms with Crippen molar-refractivity contribution >= 4 is 23.8 Å². The summed E-state index contributed by atoms with van der Waals surface area (Å²) >= 11 is 1.51. The number of hydrogen-bond donors (Lipinski definition) is 1. The van der Waals surface area contributed by atoms with Crippen molar-refractivity contribution in [3.05, 3.63) is 15.9 Å². The maximum absolute atomic E-state index is 5.53. The molecular formula is C6H7N3S. The Bertz CT molecular complexity index is 340. The van der Waals surface area contributed by atoms with Crippen molar-refractivity contribution in [3.63, 3.8) is 0 Å². The molecule has 2 N–H and O–H groups in total. The van der Waals surface area contributed by atoms with Crippen LogP contribution in [-0.2, 0) is 0 Å². The molecule has 2 heterocycles. The Kier molecular flexibility index (Phi) is 1.22. The number of hydrogen-bond acceptors (Lipinski definition) is 4. The molecule has 10 heavy (non-hydrogen) atoms. The topological polar surface area (TPSA) is 42.1 Å². The van der Waals surface area contributed by atoms with Gasteiger partial charge in [0.15, 0.2) is 0 Å². The fraction of sp³-hybridized carbons (Fsp3) is 0.167. The first kappa shape index (κ1) is 5.88. The van der Waals surface area contributed by atoms with E-state index in [1.54, 1.807) is 5.01 Å². The van der Waals surface area contributed by atoms with Crippen molar-refractivity contribution in [1.82, 2.24) is 9.38 Å². The van der Waals surface area contributed by atoms with E-state index in [1.807, 2.05) is 12.4 Å². The average molecular weight is 153 g/mol. The van der Waals surface area contributed by atoms with Crippen LogP contribution in [0, 0.1) is 0 Å². The van der Waals surface area contributed by atoms with E-state index < -0.39 is 0 Å². The lowest BCUT2D eigenvalue weighted by molar-refractivity contribution is 0.488. The molecule has 0 aromatic carbocycles. The van der Waals surface area contributed by atoms with Gasteiger partial charge in [-0.15, -0.1) is 0 Å². The number of nitrogens with two attached hydrogens (primary N) is 1. The lowest BCUT2D eigenvalue weighted by Crippen LogP contribution is -2.35. The predicted octanol–water partition coefficient (Wildman–Crippen LogP) is -1.15. The van der Waals surface area contributed by atoms with Gasteiger partial charge in [-0.2, -0.15) is 4.37 Å². The van der Waals surface area contributed by atoms with Crippen molar-refractivity contribution < 1.29 is 0 Å². The third-order valence-corrected chi connectivity index (χ3v) is 2.23. The molecule has 2 rings (SSSR count). The van der Waals surface area contributed by atoms with E-state index in [-0.39, 0.29) is 0 Å². The number of rotatable bonds is 0. The van der Waals surface area contributed by atoms with Crippen LogP contribution in [-0.4, -0.2) is 15.9 Å². The third-order valence-electron chi connectivity index (χ3n) is 1.42. The molecule has 1 aliphatic rings. The maximum atomic E-state index is 5.53. The first-order valence-electron chi connectivity index (χ1n) is 3.00. The number of aromatic nitrogens is 1. The molecule has 0 spiro atoms. The summed E-state index contributed by atoms with van der Waals surface area (Å²) in [5.74, 6) is 5.53. The van der Waals surface area contributed by atoms with Crippen LogP contribution in [0.4, 0.5) is 0 Å². The average Bonchev–Trinajstić information content (AvgIpc) is 2.33. The quantitative estimate of drug-likeness (QED) is 0.479. The van der Waals surface area contributed by atoms with Crippen molar-refractivity contribution in [2.24, 2.45) is 5.84 Å². The fourth-order valence-electron chi connectivity index (χ4n) is 0.928. The van der Waals surface area contributed by atoms with Crippen molar-refractivity contribution in [3.8, 4) is 0 Å². The lowest BCUT2D eigenvalue weighted by Gasteiger charge is -2.11. The predicted molar refractivity (Wildman–Crippen MR) is 41.2 cm³/mol. The highest BCUT2D eigenvalue weighted by atomic mass is 32.1. The summed E-state index contributed by atoms with van der Waals surface area (Å²) in [5, 5.41) is 2.77. The summed E-state index contributed by atoms with van der Waals surface area (Å²) in [6, 6.07) is 0. The highest BCUT2D eigenvalue weighted by molar-refractivity contribution is 7.03. The third kappa shape index (κ3) is 0.815. The molecule has 0 bridgehead atoms. The van der Waals surface area contributed by atoms with E-state index in [0.29, 0.717) is 0 Å². The van der Waals surface area contributed by atoms with Crippen LogP contribution in [0.15, 0.2) is 6.20 Å². The first-order chi connectivity index (χ1) is 4.86. The van der Waals surface area contributed by atoms with Crippen LogP contribution in [0.3, 0.4) is 0 Å². The normalized spacial score (nSPS) is 15.5. The lowest BCUT2D eigenvalue weighted by atomic mass is 10.4. The summed E-state index contributed by atoms with van der Waals surface area (Å²) in [6.45, 7) is 0.787. The second-order valence-corrected chi connectivity index (χ2v) is 3.01. The Balaban J connectivity index is 2.73. The number of hydrazine groups is 1. The zero-order valence-corrected chi connectivity index (χ0v) is 6.14. The summed E-state index contributed by atoms with van der Waals surface area (Å²) < 4.78 is 5.26. The van der Waals surface area contributed by atoms with Gasteiger partial charge in [-0.05, 0) is 17.6 Å². The van der Waals surface area contributed by atoms with E-state index in [0.717, 1.165) is 11.8 Å². The molecule has 4 heteroatoms. The van der Waals surface area contributed by atoms with E-state index >= 15 is 0 Å². The molecule has 1 aliphatic heterocycles. The van der Waals surface area contributed by atoms with Gasteiger partial charge < -0.3 is 5.01 Å². The van der Waals surface area contributed by atoms with Gasteiger partial charge in [0, 0.05) is 11.4 Å². The minimum absolute atomic E-state index is 0.787. The highest BCUT2D eigenvalue weighted by Gasteiger charge is 1.97. The van der Waals surface area contributed by atoms with E-state index in [4.69, 9.17) is 5.84 Å². The summed E-state index contributed by atoms with van der Waals surface area (Å²) in [5.41, 5.74) is 0. The Morgan fingerprint density at radius 3 is 3.50 bits per heavy atom. The van der Waals surface area contributed by atoms with Crippen molar-refractivity contribution in [2.45, 2.75) is 0 Å². The van der Waals surface area contributed by atoms with Crippen LogP contribution < -0.4 is 15.6 Å². The van der Waals surface area contributed by atoms with Gasteiger partial charge in [0.1, 0.15) is 0 Å². The monoisotopic (exact) mass is 153 g/mol. The van der Waals surface area contributed by atoms with Crippen LogP contribution in [0.2, 0.25) is 0 Å². The summed E-state index contributed by atoms with van der Waals surface area (Å²) in [4.78, 5) is 0. The van der Waals surface area contributed by atoms with Gasteiger partial charge in [0.2, 0.25) is 0 Å². The largest absolute Gasteiger partial charge is 0.314 e. The number of nitrogens with zero attached hydrogens (tertiary/aromatic N) is 2. The van der Waals surface area contributed by atoms with Gasteiger partial charge in [-0.1, -0.05) is 0 Å². The van der Waals surface area contributed by atoms with Crippen LogP contribution in [0.1, 0.15) is 0 Å². The van der Waals surface area contributed by atoms with Crippen LogP contribution >= 0.6 is 11.5 Å². The molecule has 0 radical (unpaired) electrons. The smallest absolute Gasteiger partial charge is 0.0543 e. The minimum atomic E-state index is 0.787. The molecule has 0 saturated carbocycles. The SMILES string of the molecule is NN1C=c2cnsc2=CC1. The first-order valence-corrected chi connectivity index (χ1v) is 3.78. The molecule has 0 aliphatic carbocycles. The number of fused-ring (bicyclic) bond motifs is 1. The summed E-state index contributed by atoms with van der Waals surface area (Å²) in [6.07, 6.45) is 5.81. The van der Waals surface area contributed by atoms with E-state index in [9.17, 15) is 0 Å². The van der Waals surface area contributed by atoms with E-state index in [1.165, 1.54) is 16.1 Å². The van der Waals surface area contributed by atoms with Crippen molar-refractivity contribution in [2.75, 3.05) is 6.54 Å². The van der Waals surface area contributed by atoms with Gasteiger partial charge in [0.25, 0.3) is 0 Å². The van der Waals surface area contributed by atoms with Gasteiger partial charge in [0.05, 0.1) is 17.3 Å². The van der Waals surface area contributed by atoms with Gasteiger partial charge in [-0.25, -0.2) is 5.84 Å². The van der Waals surface area contributed by atoms with Crippen LogP contribution in [0.25, 0.3) is 12.3 Å². The molecule has 1 aromatic rings. The second kappa shape index (κ2) is 2.07. The standard InChI is InChI=1S/C6H7N3S/c7-9-2-1-6-5(4-9)3-8-10-6/h1,3-4H,2,7H2. The zero-order chi connectivity index (χ0) is 6.97. The Hall–Kier alpha value is -0.870. The summed E-state index contributed by atoms with van der Waals surface area (Å²) in [7, 11) is 0. The molecule has 0 fully saturated rings. The molecule has 52 valence electrons. The molecule has 1 aromatic heterocycles.